The van der Waals surface area contributed by atoms with Crippen molar-refractivity contribution in [1.29, 1.82) is 0 Å². The molecule has 1 unspecified atom stereocenters. The topological polar surface area (TPSA) is 42.2 Å². The molecule has 17 heavy (non-hydrogen) atoms. The number of hydrogen-bond acceptors (Lipinski definition) is 4. The Kier molecular flexibility index (Phi) is 6.70. The molecule has 0 bridgehead atoms. The zero-order chi connectivity index (χ0) is 12.7. The molecule has 1 heterocycles. The molecule has 4 heteroatoms. The molecular weight excluding hydrogens is 230 g/mol. The van der Waals surface area contributed by atoms with Crippen LogP contribution >= 0.6 is 11.3 Å². The smallest absolute Gasteiger partial charge is 0.0798 e. The van der Waals surface area contributed by atoms with Crippen molar-refractivity contribution in [2.75, 3.05) is 20.1 Å². The average Bonchev–Trinajstić information content (AvgIpc) is 2.65. The highest BCUT2D eigenvalue weighted by Crippen LogP contribution is 2.15. The summed E-state index contributed by atoms with van der Waals surface area (Å²) in [6, 6.07) is 0. The van der Waals surface area contributed by atoms with Crippen molar-refractivity contribution < 1.29 is 0 Å². The molecule has 0 saturated heterocycles. The van der Waals surface area contributed by atoms with E-state index in [4.69, 9.17) is 5.73 Å². The van der Waals surface area contributed by atoms with E-state index in [2.05, 4.69) is 30.8 Å². The number of nitrogens with two attached hydrogens (primary N) is 1. The first-order chi connectivity index (χ1) is 8.13. The van der Waals surface area contributed by atoms with Crippen LogP contribution in [0.5, 0.6) is 0 Å². The van der Waals surface area contributed by atoms with Crippen LogP contribution in [0.25, 0.3) is 0 Å². The largest absolute Gasteiger partial charge is 0.330 e. The molecule has 0 aliphatic rings. The van der Waals surface area contributed by atoms with Crippen molar-refractivity contribution in [3.63, 3.8) is 0 Å². The summed E-state index contributed by atoms with van der Waals surface area (Å²) in [6.45, 7) is 7.38. The van der Waals surface area contributed by atoms with E-state index in [9.17, 15) is 0 Å². The quantitative estimate of drug-likeness (QED) is 0.776. The maximum Gasteiger partial charge on any atom is 0.0798 e. The molecule has 1 aromatic rings. The molecule has 2 N–H and O–H groups in total. The fourth-order valence-corrected chi connectivity index (χ4v) is 2.80. The van der Waals surface area contributed by atoms with E-state index in [-0.39, 0.29) is 0 Å². The van der Waals surface area contributed by atoms with Crippen LogP contribution < -0.4 is 5.73 Å². The van der Waals surface area contributed by atoms with Crippen LogP contribution in [0.15, 0.2) is 5.51 Å². The van der Waals surface area contributed by atoms with E-state index in [1.165, 1.54) is 23.4 Å². The number of nitrogens with zero attached hydrogens (tertiary/aromatic N) is 2. The summed E-state index contributed by atoms with van der Waals surface area (Å²) >= 11 is 1.76. The van der Waals surface area contributed by atoms with Crippen molar-refractivity contribution in [2.24, 2.45) is 11.7 Å². The zero-order valence-corrected chi connectivity index (χ0v) is 12.1. The second-order valence-electron chi connectivity index (χ2n) is 4.92. The van der Waals surface area contributed by atoms with Crippen molar-refractivity contribution in [1.82, 2.24) is 9.88 Å². The number of rotatable bonds is 8. The summed E-state index contributed by atoms with van der Waals surface area (Å²) in [5.41, 5.74) is 8.66. The molecule has 0 amide bonds. The first kappa shape index (κ1) is 14.6. The standard InChI is InChI=1S/C13H25N3S/c1-11(6-7-14)5-4-8-16(3)9-13-12(2)15-10-17-13/h10-11H,4-9,14H2,1-3H3. The highest BCUT2D eigenvalue weighted by atomic mass is 32.1. The molecule has 1 atom stereocenters. The average molecular weight is 255 g/mol. The van der Waals surface area contributed by atoms with E-state index in [1.807, 2.05) is 5.51 Å². The second-order valence-corrected chi connectivity index (χ2v) is 5.86. The Morgan fingerprint density at radius 3 is 2.82 bits per heavy atom. The van der Waals surface area contributed by atoms with Gasteiger partial charge in [0.15, 0.2) is 0 Å². The molecular formula is C13H25N3S. The molecule has 0 aromatic carbocycles. The van der Waals surface area contributed by atoms with Crippen LogP contribution in [0.2, 0.25) is 0 Å². The van der Waals surface area contributed by atoms with Gasteiger partial charge in [-0.05, 0) is 52.2 Å². The highest BCUT2D eigenvalue weighted by Gasteiger charge is 2.06. The third kappa shape index (κ3) is 5.61. The molecule has 98 valence electrons. The van der Waals surface area contributed by atoms with Gasteiger partial charge >= 0.3 is 0 Å². The minimum Gasteiger partial charge on any atom is -0.330 e. The summed E-state index contributed by atoms with van der Waals surface area (Å²) in [6.07, 6.45) is 3.69. The number of thiazole rings is 1. The molecule has 0 fully saturated rings. The van der Waals surface area contributed by atoms with E-state index in [1.54, 1.807) is 11.3 Å². The van der Waals surface area contributed by atoms with E-state index in [0.29, 0.717) is 0 Å². The maximum atomic E-state index is 5.55. The van der Waals surface area contributed by atoms with Gasteiger partial charge in [0.2, 0.25) is 0 Å². The van der Waals surface area contributed by atoms with Gasteiger partial charge in [0.1, 0.15) is 0 Å². The molecule has 0 aliphatic heterocycles. The lowest BCUT2D eigenvalue weighted by Gasteiger charge is -2.17. The Balaban J connectivity index is 2.17. The van der Waals surface area contributed by atoms with Gasteiger partial charge < -0.3 is 10.6 Å². The van der Waals surface area contributed by atoms with Gasteiger partial charge in [-0.25, -0.2) is 4.98 Å². The molecule has 0 saturated carbocycles. The monoisotopic (exact) mass is 255 g/mol. The minimum atomic E-state index is 0.763. The summed E-state index contributed by atoms with van der Waals surface area (Å²) in [5, 5.41) is 0. The van der Waals surface area contributed by atoms with Gasteiger partial charge in [0.05, 0.1) is 11.2 Å². The van der Waals surface area contributed by atoms with Gasteiger partial charge in [-0.15, -0.1) is 11.3 Å². The first-order valence-corrected chi connectivity index (χ1v) is 7.29. The number of aryl methyl sites for hydroxylation is 1. The minimum absolute atomic E-state index is 0.763. The Bertz CT molecular complexity index is 311. The Morgan fingerprint density at radius 2 is 2.24 bits per heavy atom. The van der Waals surface area contributed by atoms with Gasteiger partial charge in [-0.1, -0.05) is 6.92 Å². The highest BCUT2D eigenvalue weighted by molar-refractivity contribution is 7.09. The van der Waals surface area contributed by atoms with Crippen LogP contribution in [0.4, 0.5) is 0 Å². The maximum absolute atomic E-state index is 5.55. The fraction of sp³-hybridized carbons (Fsp3) is 0.769. The lowest BCUT2D eigenvalue weighted by molar-refractivity contribution is 0.308. The Hall–Kier alpha value is -0.450. The molecule has 1 aromatic heterocycles. The predicted octanol–water partition coefficient (Wildman–Crippen LogP) is 2.65. The van der Waals surface area contributed by atoms with Crippen molar-refractivity contribution in [3.8, 4) is 0 Å². The summed E-state index contributed by atoms with van der Waals surface area (Å²) in [7, 11) is 2.19. The van der Waals surface area contributed by atoms with E-state index in [0.717, 1.165) is 32.0 Å². The van der Waals surface area contributed by atoms with Crippen LogP contribution in [0.3, 0.4) is 0 Å². The van der Waals surface area contributed by atoms with Gasteiger partial charge in [0.25, 0.3) is 0 Å². The van der Waals surface area contributed by atoms with Crippen LogP contribution in [0, 0.1) is 12.8 Å². The zero-order valence-electron chi connectivity index (χ0n) is 11.3. The first-order valence-electron chi connectivity index (χ1n) is 6.41. The number of aromatic nitrogens is 1. The third-order valence-corrected chi connectivity index (χ3v) is 4.07. The summed E-state index contributed by atoms with van der Waals surface area (Å²) < 4.78 is 0. The van der Waals surface area contributed by atoms with Crippen LogP contribution in [-0.4, -0.2) is 30.0 Å². The fourth-order valence-electron chi connectivity index (χ4n) is 1.94. The number of hydrogen-bond donors (Lipinski definition) is 1. The summed E-state index contributed by atoms with van der Waals surface area (Å²) in [4.78, 5) is 8.06. The molecule has 1 rings (SSSR count). The summed E-state index contributed by atoms with van der Waals surface area (Å²) in [5.74, 6) is 0.763. The predicted molar refractivity (Wildman–Crippen MR) is 75.3 cm³/mol. The molecule has 0 spiro atoms. The lowest BCUT2D eigenvalue weighted by atomic mass is 10.0. The van der Waals surface area contributed by atoms with Gasteiger partial charge in [0, 0.05) is 11.4 Å². The molecule has 3 nitrogen and oxygen atoms in total. The van der Waals surface area contributed by atoms with Crippen LogP contribution in [-0.2, 0) is 6.54 Å². The van der Waals surface area contributed by atoms with Crippen molar-refractivity contribution >= 4 is 11.3 Å². The van der Waals surface area contributed by atoms with E-state index < -0.39 is 0 Å². The normalized spacial score (nSPS) is 13.2. The Morgan fingerprint density at radius 1 is 1.47 bits per heavy atom. The molecule has 0 aliphatic carbocycles. The Labute approximate surface area is 109 Å². The second kappa shape index (κ2) is 7.80. The SMILES string of the molecule is Cc1ncsc1CN(C)CCCC(C)CCN. The van der Waals surface area contributed by atoms with Crippen molar-refractivity contribution in [3.05, 3.63) is 16.1 Å². The van der Waals surface area contributed by atoms with E-state index >= 15 is 0 Å². The third-order valence-electron chi connectivity index (χ3n) is 3.15. The van der Waals surface area contributed by atoms with Gasteiger partial charge in [-0.3, -0.25) is 0 Å². The molecule has 0 radical (unpaired) electrons. The lowest BCUT2D eigenvalue weighted by Crippen LogP contribution is -2.19. The van der Waals surface area contributed by atoms with Crippen LogP contribution in [0.1, 0.15) is 36.8 Å². The van der Waals surface area contributed by atoms with Crippen molar-refractivity contribution in [2.45, 2.75) is 39.7 Å². The van der Waals surface area contributed by atoms with Gasteiger partial charge in [-0.2, -0.15) is 0 Å².